The first-order valence-electron chi connectivity index (χ1n) is 5.32. The van der Waals surface area contributed by atoms with Gasteiger partial charge in [0.2, 0.25) is 5.78 Å². The van der Waals surface area contributed by atoms with E-state index in [0.717, 1.165) is 5.69 Å². The number of hydrogen-bond acceptors (Lipinski definition) is 3. The van der Waals surface area contributed by atoms with Gasteiger partial charge < -0.3 is 4.74 Å². The van der Waals surface area contributed by atoms with Crippen LogP contribution in [-0.4, -0.2) is 22.7 Å². The molecule has 0 saturated carbocycles. The van der Waals surface area contributed by atoms with Gasteiger partial charge in [-0.3, -0.25) is 9.48 Å². The van der Waals surface area contributed by atoms with E-state index in [9.17, 15) is 4.79 Å². The third kappa shape index (κ3) is 2.06. The number of carbonyl (C=O) groups excluding carboxylic acids is 1. The second kappa shape index (κ2) is 4.41. The molecular weight excluding hydrogens is 216 g/mol. The van der Waals surface area contributed by atoms with Gasteiger partial charge in [-0.15, -0.1) is 0 Å². The molecule has 4 heteroatoms. The first-order valence-corrected chi connectivity index (χ1v) is 5.32. The van der Waals surface area contributed by atoms with Gasteiger partial charge in [0.25, 0.3) is 0 Å². The Morgan fingerprint density at radius 2 is 2.06 bits per heavy atom. The van der Waals surface area contributed by atoms with Crippen molar-refractivity contribution in [3.05, 3.63) is 47.3 Å². The van der Waals surface area contributed by atoms with E-state index in [1.165, 1.54) is 0 Å². The highest BCUT2D eigenvalue weighted by molar-refractivity contribution is 6.09. The number of aryl methyl sites for hydroxylation is 2. The Kier molecular flexibility index (Phi) is 2.95. The fourth-order valence-corrected chi connectivity index (χ4v) is 1.79. The summed E-state index contributed by atoms with van der Waals surface area (Å²) in [6, 6.07) is 8.96. The van der Waals surface area contributed by atoms with E-state index in [4.69, 9.17) is 4.74 Å². The smallest absolute Gasteiger partial charge is 0.214 e. The first kappa shape index (κ1) is 11.4. The van der Waals surface area contributed by atoms with Crippen molar-refractivity contribution in [1.29, 1.82) is 0 Å². The van der Waals surface area contributed by atoms with Crippen molar-refractivity contribution in [2.24, 2.45) is 7.05 Å². The molecule has 0 aliphatic heterocycles. The van der Waals surface area contributed by atoms with Crippen molar-refractivity contribution in [1.82, 2.24) is 9.78 Å². The molecule has 0 aliphatic rings. The summed E-state index contributed by atoms with van der Waals surface area (Å²) in [4.78, 5) is 12.3. The molecule has 0 unspecified atom stereocenters. The summed E-state index contributed by atoms with van der Waals surface area (Å²) >= 11 is 0. The maximum Gasteiger partial charge on any atom is 0.214 e. The summed E-state index contributed by atoms with van der Waals surface area (Å²) in [5.41, 5.74) is 1.94. The standard InChI is InChI=1S/C13H14N2O2/c1-9-8-11(15(2)14-9)13(16)10-6-4-5-7-12(10)17-3/h4-8H,1-3H3. The molecule has 2 aromatic rings. The molecule has 0 aliphatic carbocycles. The van der Waals surface area contributed by atoms with Crippen LogP contribution in [0, 0.1) is 6.92 Å². The Bertz CT molecular complexity index is 558. The molecule has 4 nitrogen and oxygen atoms in total. The summed E-state index contributed by atoms with van der Waals surface area (Å²) in [7, 11) is 3.32. The largest absolute Gasteiger partial charge is 0.496 e. The fourth-order valence-electron chi connectivity index (χ4n) is 1.79. The highest BCUT2D eigenvalue weighted by Crippen LogP contribution is 2.21. The molecule has 2 rings (SSSR count). The van der Waals surface area contributed by atoms with E-state index in [2.05, 4.69) is 5.10 Å². The fraction of sp³-hybridized carbons (Fsp3) is 0.231. The minimum absolute atomic E-state index is 0.0782. The second-order valence-corrected chi connectivity index (χ2v) is 3.82. The van der Waals surface area contributed by atoms with E-state index in [1.807, 2.05) is 19.1 Å². The summed E-state index contributed by atoms with van der Waals surface area (Å²) in [5.74, 6) is 0.502. The van der Waals surface area contributed by atoms with E-state index < -0.39 is 0 Å². The van der Waals surface area contributed by atoms with Gasteiger partial charge in [-0.05, 0) is 25.1 Å². The van der Waals surface area contributed by atoms with Crippen LogP contribution in [0.4, 0.5) is 0 Å². The first-order chi connectivity index (χ1) is 8.13. The van der Waals surface area contributed by atoms with Gasteiger partial charge >= 0.3 is 0 Å². The molecule has 0 atom stereocenters. The lowest BCUT2D eigenvalue weighted by Crippen LogP contribution is -2.09. The molecule has 0 amide bonds. The lowest BCUT2D eigenvalue weighted by Gasteiger charge is -2.06. The van der Waals surface area contributed by atoms with Crippen molar-refractivity contribution in [3.8, 4) is 5.75 Å². The van der Waals surface area contributed by atoms with Crippen LogP contribution in [0.1, 0.15) is 21.7 Å². The van der Waals surface area contributed by atoms with Gasteiger partial charge in [-0.1, -0.05) is 12.1 Å². The molecule has 0 spiro atoms. The number of benzene rings is 1. The van der Waals surface area contributed by atoms with Crippen molar-refractivity contribution in [2.45, 2.75) is 6.92 Å². The highest BCUT2D eigenvalue weighted by atomic mass is 16.5. The molecule has 0 N–H and O–H groups in total. The highest BCUT2D eigenvalue weighted by Gasteiger charge is 2.17. The summed E-state index contributed by atoms with van der Waals surface area (Å²) in [6.07, 6.45) is 0. The van der Waals surface area contributed by atoms with Crippen LogP contribution in [-0.2, 0) is 7.05 Å². The molecular formula is C13H14N2O2. The Labute approximate surface area is 99.8 Å². The van der Waals surface area contributed by atoms with Gasteiger partial charge in [0.1, 0.15) is 11.4 Å². The minimum Gasteiger partial charge on any atom is -0.496 e. The van der Waals surface area contributed by atoms with E-state index >= 15 is 0 Å². The lowest BCUT2D eigenvalue weighted by atomic mass is 10.1. The number of para-hydroxylation sites is 1. The van der Waals surface area contributed by atoms with Crippen LogP contribution in [0.25, 0.3) is 0 Å². The van der Waals surface area contributed by atoms with E-state index in [1.54, 1.807) is 37.0 Å². The molecule has 0 saturated heterocycles. The van der Waals surface area contributed by atoms with Crippen LogP contribution in [0.15, 0.2) is 30.3 Å². The number of ketones is 1. The zero-order chi connectivity index (χ0) is 12.4. The number of ether oxygens (including phenoxy) is 1. The number of aromatic nitrogens is 2. The van der Waals surface area contributed by atoms with E-state index in [0.29, 0.717) is 17.0 Å². The molecule has 88 valence electrons. The van der Waals surface area contributed by atoms with Crippen molar-refractivity contribution < 1.29 is 9.53 Å². The molecule has 0 radical (unpaired) electrons. The predicted molar refractivity (Wildman–Crippen MR) is 64.4 cm³/mol. The average molecular weight is 230 g/mol. The van der Waals surface area contributed by atoms with Crippen molar-refractivity contribution in [3.63, 3.8) is 0 Å². The molecule has 1 heterocycles. The Morgan fingerprint density at radius 1 is 1.35 bits per heavy atom. The second-order valence-electron chi connectivity index (χ2n) is 3.82. The number of nitrogens with zero attached hydrogens (tertiary/aromatic N) is 2. The topological polar surface area (TPSA) is 44.1 Å². The Balaban J connectivity index is 2.47. The number of carbonyl (C=O) groups is 1. The zero-order valence-corrected chi connectivity index (χ0v) is 10.1. The van der Waals surface area contributed by atoms with Gasteiger partial charge in [0.05, 0.1) is 18.4 Å². The van der Waals surface area contributed by atoms with E-state index in [-0.39, 0.29) is 5.78 Å². The van der Waals surface area contributed by atoms with Gasteiger partial charge in [-0.2, -0.15) is 5.10 Å². The normalized spacial score (nSPS) is 10.3. The van der Waals surface area contributed by atoms with Crippen LogP contribution < -0.4 is 4.74 Å². The van der Waals surface area contributed by atoms with Crippen LogP contribution >= 0.6 is 0 Å². The molecule has 17 heavy (non-hydrogen) atoms. The molecule has 0 bridgehead atoms. The third-order valence-electron chi connectivity index (χ3n) is 2.59. The summed E-state index contributed by atoms with van der Waals surface area (Å²) in [6.45, 7) is 1.86. The quantitative estimate of drug-likeness (QED) is 0.757. The monoisotopic (exact) mass is 230 g/mol. The molecule has 1 aromatic heterocycles. The third-order valence-corrected chi connectivity index (χ3v) is 2.59. The maximum atomic E-state index is 12.3. The Morgan fingerprint density at radius 3 is 2.65 bits per heavy atom. The Hall–Kier alpha value is -2.10. The van der Waals surface area contributed by atoms with Crippen LogP contribution in [0.3, 0.4) is 0 Å². The molecule has 1 aromatic carbocycles. The van der Waals surface area contributed by atoms with Gasteiger partial charge in [0.15, 0.2) is 0 Å². The number of methoxy groups -OCH3 is 1. The summed E-state index contributed by atoms with van der Waals surface area (Å²) in [5, 5.41) is 4.17. The minimum atomic E-state index is -0.0782. The zero-order valence-electron chi connectivity index (χ0n) is 10.1. The molecule has 0 fully saturated rings. The average Bonchev–Trinajstić information content (AvgIpc) is 2.67. The van der Waals surface area contributed by atoms with Crippen molar-refractivity contribution >= 4 is 5.78 Å². The van der Waals surface area contributed by atoms with Gasteiger partial charge in [0, 0.05) is 7.05 Å². The lowest BCUT2D eigenvalue weighted by molar-refractivity contribution is 0.102. The van der Waals surface area contributed by atoms with Gasteiger partial charge in [-0.25, -0.2) is 0 Å². The van der Waals surface area contributed by atoms with Crippen LogP contribution in [0.2, 0.25) is 0 Å². The SMILES string of the molecule is COc1ccccc1C(=O)c1cc(C)nn1C. The predicted octanol–water partition coefficient (Wildman–Crippen LogP) is 1.97. The van der Waals surface area contributed by atoms with Crippen LogP contribution in [0.5, 0.6) is 5.75 Å². The summed E-state index contributed by atoms with van der Waals surface area (Å²) < 4.78 is 6.77. The maximum absolute atomic E-state index is 12.3. The number of rotatable bonds is 3. The number of hydrogen-bond donors (Lipinski definition) is 0. The van der Waals surface area contributed by atoms with Crippen molar-refractivity contribution in [2.75, 3.05) is 7.11 Å².